The van der Waals surface area contributed by atoms with Gasteiger partial charge in [0.05, 0.1) is 11.7 Å². The van der Waals surface area contributed by atoms with Gasteiger partial charge >= 0.3 is 0 Å². The molecule has 1 saturated carbocycles. The van der Waals surface area contributed by atoms with Crippen LogP contribution in [0.5, 0.6) is 11.6 Å². The van der Waals surface area contributed by atoms with E-state index >= 15 is 0 Å². The molecule has 0 radical (unpaired) electrons. The van der Waals surface area contributed by atoms with Crippen LogP contribution in [0.2, 0.25) is 0 Å². The molecule has 186 valence electrons. The molecule has 1 atom stereocenters. The molecule has 1 aliphatic carbocycles. The van der Waals surface area contributed by atoms with Crippen LogP contribution in [0.3, 0.4) is 0 Å². The average Bonchev–Trinajstić information content (AvgIpc) is 3.64. The van der Waals surface area contributed by atoms with Crippen molar-refractivity contribution in [3.8, 4) is 22.9 Å². The highest BCUT2D eigenvalue weighted by Crippen LogP contribution is 2.36. The molecule has 0 bridgehead atoms. The molecule has 1 aliphatic rings. The Kier molecular flexibility index (Phi) is 7.44. The van der Waals surface area contributed by atoms with Crippen LogP contribution in [0, 0.1) is 11.7 Å². The minimum atomic E-state index is -0.490. The third-order valence-corrected chi connectivity index (χ3v) is 6.52. The van der Waals surface area contributed by atoms with Crippen molar-refractivity contribution in [2.75, 3.05) is 13.1 Å². The van der Waals surface area contributed by atoms with Crippen molar-refractivity contribution in [2.45, 2.75) is 31.9 Å². The molecule has 0 saturated heterocycles. The van der Waals surface area contributed by atoms with E-state index in [4.69, 9.17) is 9.84 Å². The van der Waals surface area contributed by atoms with Crippen LogP contribution in [0.1, 0.15) is 24.0 Å². The maximum Gasteiger partial charge on any atom is 0.222 e. The molecule has 0 spiro atoms. The molecule has 0 aliphatic heterocycles. The van der Waals surface area contributed by atoms with E-state index in [0.29, 0.717) is 37.1 Å². The minimum Gasteiger partial charge on any atom is -0.439 e. The quantitative estimate of drug-likeness (QED) is 0.290. The zero-order valence-electron chi connectivity index (χ0n) is 20.6. The number of hydrogen-bond donors (Lipinski definition) is 1. The molecular weight excluding hydrogens is 453 g/mol. The molecule has 1 N–H and O–H groups in total. The maximum absolute atomic E-state index is 13.9. The van der Waals surface area contributed by atoms with E-state index in [-0.39, 0.29) is 5.82 Å². The van der Waals surface area contributed by atoms with E-state index in [1.165, 1.54) is 25.0 Å². The molecule has 4 aromatic rings. The number of nitrogens with zero attached hydrogens (tertiary/aromatic N) is 3. The molecule has 6 heteroatoms. The lowest BCUT2D eigenvalue weighted by Gasteiger charge is -2.26. The summed E-state index contributed by atoms with van der Waals surface area (Å²) >= 11 is 0. The van der Waals surface area contributed by atoms with Crippen molar-refractivity contribution in [3.63, 3.8) is 0 Å². The standard InChI is InChI=1S/C30H32FN3O2/c1-33-30(36-27-14-8-13-25(31)18-27)28(29(32-33)24-11-6-3-7-12-24)21-34(19-23-15-16-23)20-26(35)17-22-9-4-2-5-10-22/h2-14,18,23,26,35H,15-17,19-21H2,1H3/t26-/m0/s1. The molecule has 1 fully saturated rings. The predicted molar refractivity (Wildman–Crippen MR) is 139 cm³/mol. The monoisotopic (exact) mass is 485 g/mol. The van der Waals surface area contributed by atoms with Crippen LogP contribution in [-0.2, 0) is 20.0 Å². The molecule has 0 unspecified atom stereocenters. The van der Waals surface area contributed by atoms with Gasteiger partial charge in [-0.2, -0.15) is 5.10 Å². The Morgan fingerprint density at radius 3 is 2.44 bits per heavy atom. The summed E-state index contributed by atoms with van der Waals surface area (Å²) in [6, 6.07) is 26.3. The van der Waals surface area contributed by atoms with E-state index in [0.717, 1.165) is 28.9 Å². The fraction of sp³-hybridized carbons (Fsp3) is 0.300. The largest absolute Gasteiger partial charge is 0.439 e. The Balaban J connectivity index is 1.45. The van der Waals surface area contributed by atoms with Crippen LogP contribution in [0.25, 0.3) is 11.3 Å². The van der Waals surface area contributed by atoms with E-state index in [1.54, 1.807) is 16.8 Å². The summed E-state index contributed by atoms with van der Waals surface area (Å²) in [6.07, 6.45) is 2.55. The van der Waals surface area contributed by atoms with Gasteiger partial charge in [0.2, 0.25) is 5.88 Å². The van der Waals surface area contributed by atoms with Gasteiger partial charge in [-0.1, -0.05) is 66.7 Å². The first-order valence-electron chi connectivity index (χ1n) is 12.5. The summed E-state index contributed by atoms with van der Waals surface area (Å²) in [6.45, 7) is 2.04. The average molecular weight is 486 g/mol. The summed E-state index contributed by atoms with van der Waals surface area (Å²) in [4.78, 5) is 2.31. The zero-order chi connectivity index (χ0) is 24.9. The van der Waals surface area contributed by atoms with Gasteiger partial charge in [0.25, 0.3) is 0 Å². The number of rotatable bonds is 11. The molecule has 1 heterocycles. The van der Waals surface area contributed by atoms with Crippen LogP contribution in [0.15, 0.2) is 84.9 Å². The molecule has 3 aromatic carbocycles. The molecule has 5 rings (SSSR count). The van der Waals surface area contributed by atoms with E-state index in [1.807, 2.05) is 67.7 Å². The topological polar surface area (TPSA) is 50.5 Å². The van der Waals surface area contributed by atoms with Crippen molar-refractivity contribution in [1.82, 2.24) is 14.7 Å². The third kappa shape index (κ3) is 6.20. The molecule has 0 amide bonds. The fourth-order valence-corrected chi connectivity index (χ4v) is 4.63. The number of aliphatic hydroxyl groups is 1. The van der Waals surface area contributed by atoms with E-state index < -0.39 is 6.10 Å². The van der Waals surface area contributed by atoms with Crippen molar-refractivity contribution in [1.29, 1.82) is 0 Å². The van der Waals surface area contributed by atoms with Crippen LogP contribution >= 0.6 is 0 Å². The van der Waals surface area contributed by atoms with E-state index in [2.05, 4.69) is 4.90 Å². The second-order valence-electron chi connectivity index (χ2n) is 9.66. The van der Waals surface area contributed by atoms with Gasteiger partial charge in [0.1, 0.15) is 17.3 Å². The Hall–Kier alpha value is -3.48. The van der Waals surface area contributed by atoms with Gasteiger partial charge in [0.15, 0.2) is 0 Å². The molecule has 5 nitrogen and oxygen atoms in total. The number of ether oxygens (including phenoxy) is 1. The highest BCUT2D eigenvalue weighted by molar-refractivity contribution is 5.65. The van der Waals surface area contributed by atoms with Crippen LogP contribution < -0.4 is 4.74 Å². The Labute approximate surface area is 211 Å². The first kappa shape index (κ1) is 24.2. The molecule has 36 heavy (non-hydrogen) atoms. The summed E-state index contributed by atoms with van der Waals surface area (Å²) in [7, 11) is 1.85. The summed E-state index contributed by atoms with van der Waals surface area (Å²) in [5, 5.41) is 15.8. The summed E-state index contributed by atoms with van der Waals surface area (Å²) in [5.74, 6) is 1.31. The predicted octanol–water partition coefficient (Wildman–Crippen LogP) is 5.83. The number of halogens is 1. The van der Waals surface area contributed by atoms with E-state index in [9.17, 15) is 9.50 Å². The Morgan fingerprint density at radius 2 is 1.75 bits per heavy atom. The lowest BCUT2D eigenvalue weighted by Crippen LogP contribution is -2.35. The second kappa shape index (κ2) is 11.1. The summed E-state index contributed by atoms with van der Waals surface area (Å²) < 4.78 is 21.8. The SMILES string of the molecule is Cn1nc(-c2ccccc2)c(CN(CC2CC2)C[C@@H](O)Cc2ccccc2)c1Oc1cccc(F)c1. The van der Waals surface area contributed by atoms with Gasteiger partial charge in [0, 0.05) is 38.3 Å². The van der Waals surface area contributed by atoms with Gasteiger partial charge in [-0.15, -0.1) is 0 Å². The Bertz CT molecular complexity index is 1270. The Morgan fingerprint density at radius 1 is 1.03 bits per heavy atom. The van der Waals surface area contributed by atoms with Crippen LogP contribution in [0.4, 0.5) is 4.39 Å². The van der Waals surface area contributed by atoms with Crippen molar-refractivity contribution in [2.24, 2.45) is 13.0 Å². The number of aryl methyl sites for hydroxylation is 1. The first-order valence-corrected chi connectivity index (χ1v) is 12.5. The normalized spacial score (nSPS) is 14.2. The maximum atomic E-state index is 13.9. The first-order chi connectivity index (χ1) is 17.5. The number of hydrogen-bond acceptors (Lipinski definition) is 4. The summed E-state index contributed by atoms with van der Waals surface area (Å²) in [5.41, 5.74) is 3.88. The third-order valence-electron chi connectivity index (χ3n) is 6.52. The van der Waals surface area contributed by atoms with Crippen molar-refractivity contribution >= 4 is 0 Å². The van der Waals surface area contributed by atoms with Crippen LogP contribution in [-0.4, -0.2) is 39.0 Å². The highest BCUT2D eigenvalue weighted by atomic mass is 19.1. The van der Waals surface area contributed by atoms with Gasteiger partial charge in [-0.25, -0.2) is 9.07 Å². The van der Waals surface area contributed by atoms with Gasteiger partial charge in [-0.05, 0) is 42.9 Å². The number of aliphatic hydroxyl groups excluding tert-OH is 1. The second-order valence-corrected chi connectivity index (χ2v) is 9.66. The molecular formula is C30H32FN3O2. The minimum absolute atomic E-state index is 0.348. The zero-order valence-corrected chi connectivity index (χ0v) is 20.6. The van der Waals surface area contributed by atoms with Gasteiger partial charge in [-0.3, -0.25) is 4.90 Å². The lowest BCUT2D eigenvalue weighted by molar-refractivity contribution is 0.105. The number of aromatic nitrogens is 2. The smallest absolute Gasteiger partial charge is 0.222 e. The number of benzene rings is 3. The molecule has 1 aromatic heterocycles. The van der Waals surface area contributed by atoms with Gasteiger partial charge < -0.3 is 9.84 Å². The fourth-order valence-electron chi connectivity index (χ4n) is 4.63. The highest BCUT2D eigenvalue weighted by Gasteiger charge is 2.28. The lowest BCUT2D eigenvalue weighted by atomic mass is 10.1. The van der Waals surface area contributed by atoms with Crippen molar-refractivity contribution in [3.05, 3.63) is 102 Å². The van der Waals surface area contributed by atoms with Crippen molar-refractivity contribution < 1.29 is 14.2 Å².